The van der Waals surface area contributed by atoms with Gasteiger partial charge in [0.05, 0.1) is 5.69 Å². The zero-order valence-corrected chi connectivity index (χ0v) is 15.4. The highest BCUT2D eigenvalue weighted by atomic mass is 16.3. The molecule has 5 heteroatoms. The Morgan fingerprint density at radius 2 is 1.74 bits per heavy atom. The number of nitrogens with one attached hydrogen (secondary N) is 1. The van der Waals surface area contributed by atoms with Crippen LogP contribution in [0, 0.1) is 12.8 Å². The predicted octanol–water partition coefficient (Wildman–Crippen LogP) is 3.59. The van der Waals surface area contributed by atoms with Crippen LogP contribution < -0.4 is 5.32 Å². The van der Waals surface area contributed by atoms with E-state index in [1.165, 1.54) is 11.6 Å². The van der Waals surface area contributed by atoms with E-state index in [0.29, 0.717) is 31.6 Å². The van der Waals surface area contributed by atoms with E-state index in [4.69, 9.17) is 0 Å². The molecule has 0 saturated carbocycles. The summed E-state index contributed by atoms with van der Waals surface area (Å²) in [6.07, 6.45) is 4.64. The van der Waals surface area contributed by atoms with Crippen molar-refractivity contribution in [1.29, 1.82) is 0 Å². The molecule has 0 aromatic heterocycles. The van der Waals surface area contributed by atoms with Crippen molar-refractivity contribution >= 4 is 23.6 Å². The number of phenolic OH excluding ortho intramolecular Hbond substituents is 1. The number of amides is 2. The molecule has 1 heterocycles. The minimum absolute atomic E-state index is 0.0323. The first kappa shape index (κ1) is 18.7. The summed E-state index contributed by atoms with van der Waals surface area (Å²) in [7, 11) is 0. The van der Waals surface area contributed by atoms with Gasteiger partial charge >= 0.3 is 0 Å². The lowest BCUT2D eigenvalue weighted by Crippen LogP contribution is -2.40. The summed E-state index contributed by atoms with van der Waals surface area (Å²) in [5.74, 6) is -0.247. The van der Waals surface area contributed by atoms with Crippen molar-refractivity contribution in [2.24, 2.45) is 5.92 Å². The van der Waals surface area contributed by atoms with Crippen LogP contribution in [0.4, 0.5) is 5.69 Å². The minimum atomic E-state index is -0.158. The van der Waals surface area contributed by atoms with Gasteiger partial charge in [-0.3, -0.25) is 9.59 Å². The first-order valence-corrected chi connectivity index (χ1v) is 9.15. The van der Waals surface area contributed by atoms with Gasteiger partial charge in [0.15, 0.2) is 0 Å². The fraction of sp³-hybridized carbons (Fsp3) is 0.273. The number of nitrogens with zero attached hydrogens (tertiary/aromatic N) is 1. The van der Waals surface area contributed by atoms with E-state index in [9.17, 15) is 14.7 Å². The number of hydrogen-bond donors (Lipinski definition) is 2. The number of carbonyl (C=O) groups is 2. The van der Waals surface area contributed by atoms with Crippen molar-refractivity contribution in [3.05, 3.63) is 65.7 Å². The number of aromatic hydroxyl groups is 1. The third-order valence-electron chi connectivity index (χ3n) is 4.84. The number of phenols is 1. The second kappa shape index (κ2) is 8.54. The fourth-order valence-electron chi connectivity index (χ4n) is 3.13. The summed E-state index contributed by atoms with van der Waals surface area (Å²) in [4.78, 5) is 26.5. The first-order valence-electron chi connectivity index (χ1n) is 9.15. The van der Waals surface area contributed by atoms with Crippen molar-refractivity contribution < 1.29 is 14.7 Å². The highest BCUT2D eigenvalue weighted by Gasteiger charge is 2.26. The van der Waals surface area contributed by atoms with Crippen LogP contribution in [0.25, 0.3) is 6.08 Å². The maximum Gasteiger partial charge on any atom is 0.246 e. The Morgan fingerprint density at radius 3 is 2.41 bits per heavy atom. The normalized spacial score (nSPS) is 15.1. The molecule has 0 unspecified atom stereocenters. The third-order valence-corrected chi connectivity index (χ3v) is 4.84. The molecular weight excluding hydrogens is 340 g/mol. The highest BCUT2D eigenvalue weighted by molar-refractivity contribution is 5.95. The van der Waals surface area contributed by atoms with Crippen LogP contribution in [0.5, 0.6) is 5.75 Å². The van der Waals surface area contributed by atoms with Crippen molar-refractivity contribution in [2.45, 2.75) is 19.8 Å². The average Bonchev–Trinajstić information content (AvgIpc) is 2.69. The number of benzene rings is 2. The molecule has 140 valence electrons. The number of hydrogen-bond acceptors (Lipinski definition) is 3. The molecule has 0 spiro atoms. The van der Waals surface area contributed by atoms with E-state index in [0.717, 1.165) is 5.56 Å². The molecule has 1 aliphatic rings. The monoisotopic (exact) mass is 364 g/mol. The Bertz CT molecular complexity index is 835. The lowest BCUT2D eigenvalue weighted by atomic mass is 9.95. The molecular formula is C22H24N2O3. The summed E-state index contributed by atoms with van der Waals surface area (Å²) in [6, 6.07) is 14.7. The Morgan fingerprint density at radius 1 is 1.07 bits per heavy atom. The number of rotatable bonds is 4. The van der Waals surface area contributed by atoms with Gasteiger partial charge in [0.25, 0.3) is 0 Å². The van der Waals surface area contributed by atoms with E-state index in [2.05, 4.69) is 5.32 Å². The molecule has 2 N–H and O–H groups in total. The average molecular weight is 364 g/mol. The van der Waals surface area contributed by atoms with Crippen LogP contribution in [0.1, 0.15) is 24.0 Å². The van der Waals surface area contributed by atoms with Crippen molar-refractivity contribution in [3.8, 4) is 5.75 Å². The van der Waals surface area contributed by atoms with Crippen LogP contribution in [0.3, 0.4) is 0 Å². The molecule has 2 amide bonds. The molecule has 5 nitrogen and oxygen atoms in total. The zero-order chi connectivity index (χ0) is 19.2. The van der Waals surface area contributed by atoms with E-state index in [1.807, 2.05) is 37.3 Å². The molecule has 0 aliphatic carbocycles. The Kier molecular flexibility index (Phi) is 5.91. The van der Waals surface area contributed by atoms with Gasteiger partial charge in [-0.25, -0.2) is 0 Å². The van der Waals surface area contributed by atoms with Gasteiger partial charge in [0.1, 0.15) is 5.75 Å². The van der Waals surface area contributed by atoms with Gasteiger partial charge in [-0.05, 0) is 43.5 Å². The molecule has 1 fully saturated rings. The van der Waals surface area contributed by atoms with Gasteiger partial charge in [0.2, 0.25) is 11.8 Å². The Labute approximate surface area is 159 Å². The molecule has 1 aliphatic heterocycles. The molecule has 0 bridgehead atoms. The zero-order valence-electron chi connectivity index (χ0n) is 15.4. The van der Waals surface area contributed by atoms with Crippen LogP contribution in [-0.2, 0) is 9.59 Å². The lowest BCUT2D eigenvalue weighted by molar-refractivity contribution is -0.130. The Hall–Kier alpha value is -3.08. The summed E-state index contributed by atoms with van der Waals surface area (Å²) < 4.78 is 0. The van der Waals surface area contributed by atoms with Gasteiger partial charge in [-0.1, -0.05) is 42.0 Å². The number of anilines is 1. The van der Waals surface area contributed by atoms with Crippen LogP contribution >= 0.6 is 0 Å². The molecule has 27 heavy (non-hydrogen) atoms. The van der Waals surface area contributed by atoms with Gasteiger partial charge in [-0.15, -0.1) is 0 Å². The summed E-state index contributed by atoms with van der Waals surface area (Å²) in [5, 5.41) is 12.5. The smallest absolute Gasteiger partial charge is 0.246 e. The third kappa shape index (κ3) is 4.97. The Balaban J connectivity index is 1.50. The van der Waals surface area contributed by atoms with Crippen LogP contribution in [-0.4, -0.2) is 34.9 Å². The standard InChI is InChI=1S/C22H24N2O3/c1-16-6-8-17(9-7-16)10-11-21(26)24-14-12-18(13-15-24)22(27)23-19-4-2-3-5-20(19)25/h2-11,18,25H,12-15H2,1H3,(H,23,27)/b11-10+. The van der Waals surface area contributed by atoms with Gasteiger partial charge < -0.3 is 15.3 Å². The van der Waals surface area contributed by atoms with Crippen molar-refractivity contribution in [3.63, 3.8) is 0 Å². The fourth-order valence-corrected chi connectivity index (χ4v) is 3.13. The number of piperidine rings is 1. The SMILES string of the molecule is Cc1ccc(/C=C/C(=O)N2CCC(C(=O)Nc3ccccc3O)CC2)cc1. The molecule has 2 aromatic carbocycles. The number of likely N-dealkylation sites (tertiary alicyclic amines) is 1. The maximum atomic E-state index is 12.4. The minimum Gasteiger partial charge on any atom is -0.506 e. The molecule has 0 atom stereocenters. The van der Waals surface area contributed by atoms with Crippen LogP contribution in [0.2, 0.25) is 0 Å². The number of aryl methyl sites for hydroxylation is 1. The highest BCUT2D eigenvalue weighted by Crippen LogP contribution is 2.25. The van der Waals surface area contributed by atoms with E-state index in [-0.39, 0.29) is 23.5 Å². The van der Waals surface area contributed by atoms with E-state index in [1.54, 1.807) is 29.2 Å². The van der Waals surface area contributed by atoms with Gasteiger partial charge in [-0.2, -0.15) is 0 Å². The number of para-hydroxylation sites is 2. The van der Waals surface area contributed by atoms with E-state index < -0.39 is 0 Å². The molecule has 2 aromatic rings. The lowest BCUT2D eigenvalue weighted by Gasteiger charge is -2.30. The molecule has 3 rings (SSSR count). The van der Waals surface area contributed by atoms with Crippen molar-refractivity contribution in [1.82, 2.24) is 4.90 Å². The van der Waals surface area contributed by atoms with Crippen LogP contribution in [0.15, 0.2) is 54.6 Å². The summed E-state index contributed by atoms with van der Waals surface area (Å²) >= 11 is 0. The molecule has 0 radical (unpaired) electrons. The predicted molar refractivity (Wildman–Crippen MR) is 106 cm³/mol. The maximum absolute atomic E-state index is 12.4. The quantitative estimate of drug-likeness (QED) is 0.643. The second-order valence-corrected chi connectivity index (χ2v) is 6.85. The molecule has 1 saturated heterocycles. The summed E-state index contributed by atoms with van der Waals surface area (Å²) in [5.41, 5.74) is 2.59. The van der Waals surface area contributed by atoms with E-state index >= 15 is 0 Å². The largest absolute Gasteiger partial charge is 0.506 e. The second-order valence-electron chi connectivity index (χ2n) is 6.85. The topological polar surface area (TPSA) is 69.6 Å². The summed E-state index contributed by atoms with van der Waals surface area (Å²) in [6.45, 7) is 3.13. The van der Waals surface area contributed by atoms with Gasteiger partial charge in [0, 0.05) is 25.1 Å². The van der Waals surface area contributed by atoms with Crippen molar-refractivity contribution in [2.75, 3.05) is 18.4 Å². The first-order chi connectivity index (χ1) is 13.0. The number of carbonyl (C=O) groups excluding carboxylic acids is 2.